The van der Waals surface area contributed by atoms with Gasteiger partial charge in [0, 0.05) is 16.7 Å². The van der Waals surface area contributed by atoms with Crippen LogP contribution in [0, 0.1) is 28.6 Å². The van der Waals surface area contributed by atoms with Gasteiger partial charge in [0.25, 0.3) is 0 Å². The maximum atomic E-state index is 11.9. The van der Waals surface area contributed by atoms with E-state index in [1.165, 1.54) is 0 Å². The van der Waals surface area contributed by atoms with Crippen molar-refractivity contribution in [3.8, 4) is 0 Å². The lowest BCUT2D eigenvalue weighted by molar-refractivity contribution is -0.274. The van der Waals surface area contributed by atoms with Gasteiger partial charge in [-0.25, -0.2) is 0 Å². The summed E-state index contributed by atoms with van der Waals surface area (Å²) in [6.07, 6.45) is 1.80. The van der Waals surface area contributed by atoms with Crippen molar-refractivity contribution >= 4 is 0 Å². The molecule has 6 nitrogen and oxygen atoms in total. The van der Waals surface area contributed by atoms with Gasteiger partial charge in [-0.05, 0) is 57.3 Å². The molecule has 4 rings (SSSR count). The second-order valence-electron chi connectivity index (χ2n) is 9.84. The molecule has 4 aliphatic rings. The molecular formula is C21H34O6. The van der Waals surface area contributed by atoms with Crippen molar-refractivity contribution in [2.75, 3.05) is 6.61 Å². The molecule has 0 aromatic rings. The summed E-state index contributed by atoms with van der Waals surface area (Å²) in [6, 6.07) is 0. The molecule has 0 aliphatic heterocycles. The average Bonchev–Trinajstić information content (AvgIpc) is 2.92. The van der Waals surface area contributed by atoms with Crippen molar-refractivity contribution in [3.05, 3.63) is 11.6 Å². The van der Waals surface area contributed by atoms with E-state index in [4.69, 9.17) is 0 Å². The lowest BCUT2D eigenvalue weighted by Crippen LogP contribution is -2.72. The van der Waals surface area contributed by atoms with E-state index in [1.807, 2.05) is 6.08 Å². The van der Waals surface area contributed by atoms with Gasteiger partial charge < -0.3 is 30.6 Å². The van der Waals surface area contributed by atoms with Crippen LogP contribution in [0.25, 0.3) is 0 Å². The van der Waals surface area contributed by atoms with Crippen molar-refractivity contribution in [2.45, 2.75) is 82.4 Å². The second kappa shape index (κ2) is 6.25. The molecule has 3 fully saturated rings. The molecule has 10 atom stereocenters. The first-order valence-electron chi connectivity index (χ1n) is 10.4. The van der Waals surface area contributed by atoms with E-state index in [9.17, 15) is 30.6 Å². The van der Waals surface area contributed by atoms with E-state index in [2.05, 4.69) is 0 Å². The highest BCUT2D eigenvalue weighted by Gasteiger charge is 2.73. The van der Waals surface area contributed by atoms with Gasteiger partial charge in [0.05, 0.1) is 36.6 Å². The van der Waals surface area contributed by atoms with Gasteiger partial charge in [-0.3, -0.25) is 0 Å². The second-order valence-corrected chi connectivity index (χ2v) is 9.84. The highest BCUT2D eigenvalue weighted by Crippen LogP contribution is 2.68. The van der Waals surface area contributed by atoms with Gasteiger partial charge in [0.1, 0.15) is 0 Å². The molecule has 0 amide bonds. The van der Waals surface area contributed by atoms with Crippen LogP contribution < -0.4 is 0 Å². The third-order valence-corrected chi connectivity index (χ3v) is 9.03. The minimum atomic E-state index is -1.21. The summed E-state index contributed by atoms with van der Waals surface area (Å²) in [5.41, 5.74) is -1.97. The fourth-order valence-electron chi connectivity index (χ4n) is 7.57. The third-order valence-electron chi connectivity index (χ3n) is 9.03. The predicted molar refractivity (Wildman–Crippen MR) is 98.5 cm³/mol. The number of hydrogen-bond donors (Lipinski definition) is 6. The van der Waals surface area contributed by atoms with Gasteiger partial charge in [0.2, 0.25) is 0 Å². The quantitative estimate of drug-likeness (QED) is 0.383. The van der Waals surface area contributed by atoms with Crippen LogP contribution in [-0.2, 0) is 0 Å². The summed E-state index contributed by atoms with van der Waals surface area (Å²) in [6.45, 7) is 3.32. The van der Waals surface area contributed by atoms with E-state index in [0.29, 0.717) is 38.5 Å². The Morgan fingerprint density at radius 3 is 2.52 bits per heavy atom. The molecule has 154 valence electrons. The van der Waals surface area contributed by atoms with E-state index in [0.717, 1.165) is 5.57 Å². The Balaban J connectivity index is 1.83. The molecule has 0 aromatic heterocycles. The summed E-state index contributed by atoms with van der Waals surface area (Å²) in [5, 5.41) is 65.1. The Hall–Kier alpha value is -0.500. The molecule has 0 bridgehead atoms. The predicted octanol–water partition coefficient (Wildman–Crippen LogP) is 0.336. The zero-order valence-electron chi connectivity index (χ0n) is 16.3. The molecule has 0 saturated heterocycles. The highest BCUT2D eigenvalue weighted by molar-refractivity contribution is 5.31. The number of rotatable bonds is 2. The zero-order chi connectivity index (χ0) is 19.8. The van der Waals surface area contributed by atoms with E-state index < -0.39 is 46.8 Å². The molecule has 6 N–H and O–H groups in total. The largest absolute Gasteiger partial charge is 0.395 e. The summed E-state index contributed by atoms with van der Waals surface area (Å²) < 4.78 is 0. The Labute approximate surface area is 160 Å². The van der Waals surface area contributed by atoms with Crippen molar-refractivity contribution in [1.82, 2.24) is 0 Å². The van der Waals surface area contributed by atoms with Crippen LogP contribution in [0.4, 0.5) is 0 Å². The minimum absolute atomic E-state index is 0.164. The highest BCUT2D eigenvalue weighted by atomic mass is 16.3. The molecule has 0 heterocycles. The maximum Gasteiger partial charge on any atom is 0.0886 e. The molecule has 4 aliphatic carbocycles. The topological polar surface area (TPSA) is 121 Å². The SMILES string of the molecule is C[C@@H](O)[C@H]1CC[C@]2(O)[C@H]3CC=C4C[C@@H](O)CC[C@]4(CO)[C@H]3[C@H](O)[C@@H](O)[C@]12C. The first-order valence-corrected chi connectivity index (χ1v) is 10.4. The van der Waals surface area contributed by atoms with Gasteiger partial charge in [-0.2, -0.15) is 0 Å². The molecule has 0 radical (unpaired) electrons. The molecule has 0 aromatic carbocycles. The van der Waals surface area contributed by atoms with Crippen LogP contribution >= 0.6 is 0 Å². The monoisotopic (exact) mass is 382 g/mol. The van der Waals surface area contributed by atoms with Crippen LogP contribution in [0.1, 0.15) is 52.4 Å². The minimum Gasteiger partial charge on any atom is -0.395 e. The van der Waals surface area contributed by atoms with Crippen molar-refractivity contribution in [2.24, 2.45) is 28.6 Å². The van der Waals surface area contributed by atoms with Gasteiger partial charge in [-0.15, -0.1) is 0 Å². The fraction of sp³-hybridized carbons (Fsp3) is 0.905. The average molecular weight is 382 g/mol. The van der Waals surface area contributed by atoms with Crippen LogP contribution in [0.15, 0.2) is 11.6 Å². The molecule has 27 heavy (non-hydrogen) atoms. The van der Waals surface area contributed by atoms with Crippen molar-refractivity contribution in [1.29, 1.82) is 0 Å². The Morgan fingerprint density at radius 1 is 1.19 bits per heavy atom. The summed E-state index contributed by atoms with van der Waals surface area (Å²) in [4.78, 5) is 0. The molecule has 3 saturated carbocycles. The first kappa shape index (κ1) is 19.8. The fourth-order valence-corrected chi connectivity index (χ4v) is 7.57. The molecule has 0 spiro atoms. The van der Waals surface area contributed by atoms with Gasteiger partial charge >= 0.3 is 0 Å². The number of fused-ring (bicyclic) bond motifs is 5. The van der Waals surface area contributed by atoms with Gasteiger partial charge in [0.15, 0.2) is 0 Å². The molecular weight excluding hydrogens is 348 g/mol. The van der Waals surface area contributed by atoms with Gasteiger partial charge in [-0.1, -0.05) is 18.6 Å². The van der Waals surface area contributed by atoms with E-state index >= 15 is 0 Å². The molecule has 0 unspecified atom stereocenters. The Morgan fingerprint density at radius 2 is 1.89 bits per heavy atom. The summed E-state index contributed by atoms with van der Waals surface area (Å²) >= 11 is 0. The van der Waals surface area contributed by atoms with Crippen LogP contribution in [0.3, 0.4) is 0 Å². The Bertz CT molecular complexity index is 634. The van der Waals surface area contributed by atoms with E-state index in [1.54, 1.807) is 13.8 Å². The number of hydrogen-bond acceptors (Lipinski definition) is 6. The Kier molecular flexibility index (Phi) is 4.58. The first-order chi connectivity index (χ1) is 12.6. The maximum absolute atomic E-state index is 11.9. The van der Waals surface area contributed by atoms with E-state index in [-0.39, 0.29) is 18.4 Å². The number of aliphatic hydroxyl groups is 6. The standard InChI is InChI=1S/C21H34O6/c1-11(23)14-6-8-21(27)15-4-3-12-9-13(24)5-7-20(12,10-22)16(15)17(25)18(26)19(14,21)2/h3,11,13-18,22-27H,4-10H2,1-2H3/t11-,13+,14-,15+,16-,17+,18-,19+,20-,21+/m1/s1. The zero-order valence-corrected chi connectivity index (χ0v) is 16.3. The number of allylic oxidation sites excluding steroid dienone is 1. The third kappa shape index (κ3) is 2.29. The lowest BCUT2D eigenvalue weighted by Gasteiger charge is -2.64. The molecule has 6 heteroatoms. The van der Waals surface area contributed by atoms with Crippen LogP contribution in [-0.4, -0.2) is 67.3 Å². The van der Waals surface area contributed by atoms with Crippen molar-refractivity contribution in [3.63, 3.8) is 0 Å². The summed E-state index contributed by atoms with van der Waals surface area (Å²) in [7, 11) is 0. The number of aliphatic hydroxyl groups excluding tert-OH is 5. The normalized spacial score (nSPS) is 55.9. The van der Waals surface area contributed by atoms with Crippen LogP contribution in [0.5, 0.6) is 0 Å². The van der Waals surface area contributed by atoms with Crippen molar-refractivity contribution < 1.29 is 30.6 Å². The lowest BCUT2D eigenvalue weighted by atomic mass is 9.43. The van der Waals surface area contributed by atoms with Crippen LogP contribution in [0.2, 0.25) is 0 Å². The smallest absolute Gasteiger partial charge is 0.0886 e. The summed E-state index contributed by atoms with van der Waals surface area (Å²) in [5.74, 6) is -1.05.